The predicted molar refractivity (Wildman–Crippen MR) is 140 cm³/mol. The first-order valence-corrected chi connectivity index (χ1v) is 12.0. The van der Waals surface area contributed by atoms with E-state index < -0.39 is 6.10 Å². The van der Waals surface area contributed by atoms with Gasteiger partial charge in [-0.2, -0.15) is 0 Å². The van der Waals surface area contributed by atoms with Gasteiger partial charge in [0.2, 0.25) is 0 Å². The van der Waals surface area contributed by atoms with Gasteiger partial charge in [0.1, 0.15) is 12.4 Å². The molecule has 0 saturated carbocycles. The van der Waals surface area contributed by atoms with Crippen LogP contribution in [0.5, 0.6) is 5.75 Å². The Morgan fingerprint density at radius 3 is 2.54 bits per heavy atom. The molecule has 180 valence electrons. The van der Waals surface area contributed by atoms with Crippen LogP contribution < -0.4 is 4.74 Å². The summed E-state index contributed by atoms with van der Waals surface area (Å²) < 4.78 is 5.94. The van der Waals surface area contributed by atoms with Gasteiger partial charge in [0.25, 0.3) is 5.91 Å². The fourth-order valence-corrected chi connectivity index (χ4v) is 4.19. The summed E-state index contributed by atoms with van der Waals surface area (Å²) in [6.45, 7) is 0.294. The summed E-state index contributed by atoms with van der Waals surface area (Å²) in [5, 5.41) is 13.0. The second-order valence-corrected chi connectivity index (χ2v) is 9.43. The topological polar surface area (TPSA) is 62.7 Å². The molecule has 5 nitrogen and oxygen atoms in total. The Morgan fingerprint density at radius 2 is 1.74 bits per heavy atom. The van der Waals surface area contributed by atoms with Gasteiger partial charge in [0, 0.05) is 35.1 Å². The molecule has 1 aromatic heterocycles. The largest absolute Gasteiger partial charge is 0.487 e. The number of halogens is 2. The summed E-state index contributed by atoms with van der Waals surface area (Å²) in [7, 11) is 3.41. The molecule has 0 saturated heterocycles. The number of carbonyl (C=O) groups excluding carboxylic acids is 1. The number of pyridine rings is 1. The van der Waals surface area contributed by atoms with Crippen molar-refractivity contribution in [2.24, 2.45) is 0 Å². The number of hydrogen-bond acceptors (Lipinski definition) is 4. The van der Waals surface area contributed by atoms with Gasteiger partial charge in [0.15, 0.2) is 0 Å². The van der Waals surface area contributed by atoms with E-state index in [-0.39, 0.29) is 5.91 Å². The quantitative estimate of drug-likeness (QED) is 0.295. The van der Waals surface area contributed by atoms with Gasteiger partial charge in [-0.05, 0) is 66.4 Å². The van der Waals surface area contributed by atoms with Gasteiger partial charge in [-0.25, -0.2) is 4.98 Å². The van der Waals surface area contributed by atoms with Crippen LogP contribution in [0.25, 0.3) is 10.9 Å². The van der Waals surface area contributed by atoms with Crippen molar-refractivity contribution in [3.8, 4) is 5.75 Å². The van der Waals surface area contributed by atoms with Gasteiger partial charge < -0.3 is 14.7 Å². The number of benzene rings is 3. The van der Waals surface area contributed by atoms with E-state index in [0.717, 1.165) is 27.7 Å². The number of aromatic nitrogens is 1. The van der Waals surface area contributed by atoms with Crippen LogP contribution in [0.3, 0.4) is 0 Å². The Morgan fingerprint density at radius 1 is 1.00 bits per heavy atom. The molecule has 1 N–H and O–H groups in total. The number of hydrogen-bond donors (Lipinski definition) is 1. The molecule has 1 heterocycles. The zero-order valence-electron chi connectivity index (χ0n) is 19.5. The summed E-state index contributed by atoms with van der Waals surface area (Å²) in [5.41, 5.74) is 3.75. The van der Waals surface area contributed by atoms with Crippen LogP contribution in [-0.4, -0.2) is 35.0 Å². The molecule has 0 radical (unpaired) electrons. The number of carbonyl (C=O) groups is 1. The molecule has 7 heteroatoms. The van der Waals surface area contributed by atoms with Crippen molar-refractivity contribution in [3.63, 3.8) is 0 Å². The summed E-state index contributed by atoms with van der Waals surface area (Å²) in [6.07, 6.45) is 0.269. The third-order valence-electron chi connectivity index (χ3n) is 5.74. The SMILES string of the molecule is CN(C)C(=O)c1cc(Cl)ccc1CC[C@@H](O)c1cccc(OCc2ccc3ccc(Cl)cc3n2)c1. The minimum atomic E-state index is -0.711. The maximum Gasteiger partial charge on any atom is 0.253 e. The van der Waals surface area contributed by atoms with E-state index in [2.05, 4.69) is 4.98 Å². The van der Waals surface area contributed by atoms with Crippen molar-refractivity contribution in [3.05, 3.63) is 105 Å². The fraction of sp³-hybridized carbons (Fsp3) is 0.214. The number of amides is 1. The van der Waals surface area contributed by atoms with Crippen molar-refractivity contribution >= 4 is 40.0 Å². The lowest BCUT2D eigenvalue weighted by atomic mass is 9.97. The molecule has 35 heavy (non-hydrogen) atoms. The molecule has 0 bridgehead atoms. The number of fused-ring (bicyclic) bond motifs is 1. The van der Waals surface area contributed by atoms with Crippen molar-refractivity contribution in [2.75, 3.05) is 14.1 Å². The smallest absolute Gasteiger partial charge is 0.253 e. The molecule has 0 unspecified atom stereocenters. The molecule has 4 rings (SSSR count). The van der Waals surface area contributed by atoms with Crippen molar-refractivity contribution in [1.29, 1.82) is 0 Å². The third-order valence-corrected chi connectivity index (χ3v) is 6.21. The highest BCUT2D eigenvalue weighted by Crippen LogP contribution is 2.26. The number of nitrogens with zero attached hydrogens (tertiary/aromatic N) is 2. The first kappa shape index (κ1) is 25.0. The lowest BCUT2D eigenvalue weighted by molar-refractivity contribution is 0.0826. The van der Waals surface area contributed by atoms with E-state index in [1.165, 1.54) is 4.90 Å². The first-order valence-electron chi connectivity index (χ1n) is 11.3. The van der Waals surface area contributed by atoms with Crippen LogP contribution in [0.4, 0.5) is 0 Å². The fourth-order valence-electron chi connectivity index (χ4n) is 3.85. The van der Waals surface area contributed by atoms with Crippen LogP contribution in [0, 0.1) is 0 Å². The average Bonchev–Trinajstić information content (AvgIpc) is 2.85. The number of aliphatic hydroxyl groups excluding tert-OH is 1. The Balaban J connectivity index is 1.41. The average molecular weight is 509 g/mol. The number of aliphatic hydroxyl groups is 1. The molecule has 3 aromatic carbocycles. The van der Waals surface area contributed by atoms with E-state index in [1.54, 1.807) is 26.2 Å². The second-order valence-electron chi connectivity index (χ2n) is 8.56. The Hall–Kier alpha value is -3.12. The van der Waals surface area contributed by atoms with Crippen LogP contribution in [-0.2, 0) is 13.0 Å². The van der Waals surface area contributed by atoms with E-state index in [4.69, 9.17) is 27.9 Å². The first-order chi connectivity index (χ1) is 16.8. The molecular weight excluding hydrogens is 483 g/mol. The molecule has 1 atom stereocenters. The maximum absolute atomic E-state index is 12.5. The van der Waals surface area contributed by atoms with Gasteiger partial charge >= 0.3 is 0 Å². The predicted octanol–water partition coefficient (Wildman–Crippen LogP) is 6.49. The summed E-state index contributed by atoms with van der Waals surface area (Å²) >= 11 is 12.2. The van der Waals surface area contributed by atoms with Crippen molar-refractivity contribution < 1.29 is 14.6 Å². The second kappa shape index (κ2) is 11.1. The number of aryl methyl sites for hydroxylation is 1. The van der Waals surface area contributed by atoms with E-state index in [0.29, 0.717) is 40.8 Å². The summed E-state index contributed by atoms with van der Waals surface area (Å²) in [5.74, 6) is 0.529. The highest BCUT2D eigenvalue weighted by Gasteiger charge is 2.16. The Kier molecular flexibility index (Phi) is 7.91. The number of rotatable bonds is 8. The lowest BCUT2D eigenvalue weighted by Crippen LogP contribution is -2.23. The van der Waals surface area contributed by atoms with E-state index in [9.17, 15) is 9.90 Å². The zero-order chi connectivity index (χ0) is 24.9. The lowest BCUT2D eigenvalue weighted by Gasteiger charge is -2.17. The molecule has 0 fully saturated rings. The molecule has 4 aromatic rings. The zero-order valence-corrected chi connectivity index (χ0v) is 21.1. The molecule has 0 aliphatic carbocycles. The van der Waals surface area contributed by atoms with E-state index >= 15 is 0 Å². The third kappa shape index (κ3) is 6.31. The molecule has 0 aliphatic heterocycles. The summed E-state index contributed by atoms with van der Waals surface area (Å²) in [6, 6.07) is 22.2. The van der Waals surface area contributed by atoms with Crippen LogP contribution in [0.15, 0.2) is 72.8 Å². The van der Waals surface area contributed by atoms with Crippen molar-refractivity contribution in [1.82, 2.24) is 9.88 Å². The summed E-state index contributed by atoms with van der Waals surface area (Å²) in [4.78, 5) is 18.7. The normalized spacial score (nSPS) is 11.9. The maximum atomic E-state index is 12.5. The monoisotopic (exact) mass is 508 g/mol. The number of ether oxygens (including phenoxy) is 1. The minimum absolute atomic E-state index is 0.114. The van der Waals surface area contributed by atoms with Gasteiger partial charge in [-0.3, -0.25) is 4.79 Å². The van der Waals surface area contributed by atoms with Crippen LogP contribution in [0.2, 0.25) is 10.0 Å². The van der Waals surface area contributed by atoms with Gasteiger partial charge in [0.05, 0.1) is 17.3 Å². The minimum Gasteiger partial charge on any atom is -0.487 e. The molecule has 1 amide bonds. The van der Waals surface area contributed by atoms with Crippen molar-refractivity contribution in [2.45, 2.75) is 25.6 Å². The molecule has 0 spiro atoms. The van der Waals surface area contributed by atoms with E-state index in [1.807, 2.05) is 60.7 Å². The molecular formula is C28H26Cl2N2O3. The highest BCUT2D eigenvalue weighted by molar-refractivity contribution is 6.31. The Labute approximate surface area is 214 Å². The Bertz CT molecular complexity index is 1360. The van der Waals surface area contributed by atoms with Gasteiger partial charge in [-0.15, -0.1) is 0 Å². The van der Waals surface area contributed by atoms with Gasteiger partial charge in [-0.1, -0.05) is 53.5 Å². The molecule has 0 aliphatic rings. The van der Waals surface area contributed by atoms with Crippen LogP contribution in [0.1, 0.15) is 39.7 Å². The van der Waals surface area contributed by atoms with Crippen LogP contribution >= 0.6 is 23.2 Å². The highest BCUT2D eigenvalue weighted by atomic mass is 35.5. The standard InChI is InChI=1S/C28H26Cl2N2O3/c1-32(2)28(34)25-15-21(29)10-6-18(25)9-13-27(33)20-4-3-5-24(14-20)35-17-23-12-8-19-7-11-22(30)16-26(19)31-23/h3-8,10-12,14-16,27,33H,9,13,17H2,1-2H3/t27-/m1/s1.